The van der Waals surface area contributed by atoms with Crippen LogP contribution in [0.4, 0.5) is 0 Å². The van der Waals surface area contributed by atoms with Crippen LogP contribution in [0.2, 0.25) is 0 Å². The van der Waals surface area contributed by atoms with Crippen molar-refractivity contribution in [2.24, 2.45) is 0 Å². The number of carbonyl (C=O) groups is 1. The van der Waals surface area contributed by atoms with Crippen molar-refractivity contribution in [3.63, 3.8) is 0 Å². The van der Waals surface area contributed by atoms with Gasteiger partial charge in [0.15, 0.2) is 6.10 Å². The Morgan fingerprint density at radius 1 is 1.33 bits per heavy atom. The number of carbonyl (C=O) groups excluding carboxylic acids is 1. The molecule has 0 aliphatic carbocycles. The summed E-state index contributed by atoms with van der Waals surface area (Å²) in [6, 6.07) is 6.14. The number of hydrogen-bond acceptors (Lipinski definition) is 6. The highest BCUT2D eigenvalue weighted by Gasteiger charge is 2.34. The Balaban J connectivity index is 2.21. The van der Waals surface area contributed by atoms with Crippen molar-refractivity contribution in [3.8, 4) is 16.9 Å². The van der Waals surface area contributed by atoms with Crippen molar-refractivity contribution in [2.45, 2.75) is 66.1 Å². The van der Waals surface area contributed by atoms with Crippen molar-refractivity contribution < 1.29 is 19.0 Å². The Bertz CT molecular complexity index is 955. The SMILES string of the molecule is CCOC(=O)C(OC(C)(C)C)c1c(C)sc(C(C)=N)c1-c1ccc2c(c1)CCCO2. The summed E-state index contributed by atoms with van der Waals surface area (Å²) < 4.78 is 17.4. The second-order valence-electron chi connectivity index (χ2n) is 8.54. The first kappa shape index (κ1) is 22.5. The first-order valence-electron chi connectivity index (χ1n) is 10.4. The average Bonchev–Trinajstić information content (AvgIpc) is 3.02. The molecule has 0 radical (unpaired) electrons. The maximum Gasteiger partial charge on any atom is 0.340 e. The molecule has 1 unspecified atom stereocenters. The standard InChI is InChI=1S/C24H31NO4S/c1-7-27-23(26)21(29-24(4,5)6)19-15(3)30-22(14(2)25)20(19)17-10-11-18-16(13-17)9-8-12-28-18/h10-11,13,21,25H,7-9,12H2,1-6H3. The van der Waals surface area contributed by atoms with Crippen molar-refractivity contribution in [1.29, 1.82) is 5.41 Å². The summed E-state index contributed by atoms with van der Waals surface area (Å²) in [5.41, 5.74) is 3.76. The third-order valence-electron chi connectivity index (χ3n) is 4.90. The van der Waals surface area contributed by atoms with Crippen LogP contribution >= 0.6 is 11.3 Å². The monoisotopic (exact) mass is 429 g/mol. The molecule has 1 N–H and O–H groups in total. The molecular weight excluding hydrogens is 398 g/mol. The van der Waals surface area contributed by atoms with Crippen LogP contribution in [-0.2, 0) is 20.7 Å². The number of fused-ring (bicyclic) bond motifs is 1. The number of aryl methyl sites for hydroxylation is 2. The van der Waals surface area contributed by atoms with Gasteiger partial charge in [0.2, 0.25) is 0 Å². The third-order valence-corrected chi connectivity index (χ3v) is 6.14. The number of hydrogen-bond donors (Lipinski definition) is 1. The minimum atomic E-state index is -0.850. The molecule has 0 saturated carbocycles. The van der Waals surface area contributed by atoms with Crippen LogP contribution in [0.25, 0.3) is 11.1 Å². The van der Waals surface area contributed by atoms with Crippen molar-refractivity contribution >= 4 is 23.0 Å². The average molecular weight is 430 g/mol. The van der Waals surface area contributed by atoms with Gasteiger partial charge >= 0.3 is 5.97 Å². The van der Waals surface area contributed by atoms with Gasteiger partial charge in [0.25, 0.3) is 0 Å². The lowest BCUT2D eigenvalue weighted by Crippen LogP contribution is -2.29. The summed E-state index contributed by atoms with van der Waals surface area (Å²) in [6.07, 6.45) is 1.10. The summed E-state index contributed by atoms with van der Waals surface area (Å²) in [5.74, 6) is 0.518. The van der Waals surface area contributed by atoms with Crippen molar-refractivity contribution in [3.05, 3.63) is 39.1 Å². The Morgan fingerprint density at radius 2 is 2.07 bits per heavy atom. The molecule has 0 amide bonds. The molecule has 1 aliphatic rings. The number of nitrogens with one attached hydrogen (secondary N) is 1. The van der Waals surface area contributed by atoms with E-state index in [-0.39, 0.29) is 6.61 Å². The predicted molar refractivity (Wildman–Crippen MR) is 121 cm³/mol. The van der Waals surface area contributed by atoms with E-state index in [9.17, 15) is 4.79 Å². The topological polar surface area (TPSA) is 68.6 Å². The van der Waals surface area contributed by atoms with Gasteiger partial charge in [-0.25, -0.2) is 4.79 Å². The molecule has 0 spiro atoms. The van der Waals surface area contributed by atoms with E-state index in [1.165, 1.54) is 11.3 Å². The highest BCUT2D eigenvalue weighted by Crippen LogP contribution is 2.44. The van der Waals surface area contributed by atoms with E-state index in [0.29, 0.717) is 5.71 Å². The molecule has 6 heteroatoms. The van der Waals surface area contributed by atoms with E-state index in [4.69, 9.17) is 19.6 Å². The number of ether oxygens (including phenoxy) is 3. The van der Waals surface area contributed by atoms with E-state index in [0.717, 1.165) is 57.2 Å². The fourth-order valence-electron chi connectivity index (χ4n) is 3.74. The first-order valence-corrected chi connectivity index (χ1v) is 11.2. The maximum atomic E-state index is 13.0. The first-order chi connectivity index (χ1) is 14.1. The van der Waals surface area contributed by atoms with Gasteiger partial charge in [-0.05, 0) is 77.6 Å². The van der Waals surface area contributed by atoms with Crippen LogP contribution in [0.3, 0.4) is 0 Å². The van der Waals surface area contributed by atoms with Crippen LogP contribution < -0.4 is 4.74 Å². The zero-order chi connectivity index (χ0) is 22.1. The molecule has 0 bridgehead atoms. The summed E-state index contributed by atoms with van der Waals surface area (Å²) in [7, 11) is 0. The summed E-state index contributed by atoms with van der Waals surface area (Å²) in [5, 5.41) is 8.36. The van der Waals surface area contributed by atoms with Gasteiger partial charge in [0, 0.05) is 21.7 Å². The van der Waals surface area contributed by atoms with Gasteiger partial charge in [-0.15, -0.1) is 11.3 Å². The van der Waals surface area contributed by atoms with E-state index in [1.54, 1.807) is 13.8 Å². The number of esters is 1. The molecule has 1 atom stereocenters. The van der Waals surface area contributed by atoms with E-state index in [1.807, 2.05) is 39.8 Å². The quantitative estimate of drug-likeness (QED) is 0.461. The molecule has 1 aliphatic heterocycles. The van der Waals surface area contributed by atoms with Gasteiger partial charge in [-0.2, -0.15) is 0 Å². The minimum Gasteiger partial charge on any atom is -0.493 e. The largest absolute Gasteiger partial charge is 0.493 e. The second kappa shape index (κ2) is 8.90. The second-order valence-corrected chi connectivity index (χ2v) is 9.76. The molecule has 2 aromatic rings. The molecule has 3 rings (SSSR count). The lowest BCUT2D eigenvalue weighted by Gasteiger charge is -2.27. The molecule has 162 valence electrons. The van der Waals surface area contributed by atoms with Crippen molar-refractivity contribution in [2.75, 3.05) is 13.2 Å². The smallest absolute Gasteiger partial charge is 0.340 e. The summed E-state index contributed by atoms with van der Waals surface area (Å²) in [6.45, 7) is 12.4. The predicted octanol–water partition coefficient (Wildman–Crippen LogP) is 5.86. The highest BCUT2D eigenvalue weighted by atomic mass is 32.1. The number of thiophene rings is 1. The van der Waals surface area contributed by atoms with Crippen LogP contribution in [0.5, 0.6) is 5.75 Å². The number of benzene rings is 1. The summed E-state index contributed by atoms with van der Waals surface area (Å²) in [4.78, 5) is 14.8. The zero-order valence-electron chi connectivity index (χ0n) is 18.7. The van der Waals surface area contributed by atoms with Crippen LogP contribution in [0, 0.1) is 12.3 Å². The molecule has 1 aromatic heterocycles. The molecule has 2 heterocycles. The molecule has 1 aromatic carbocycles. The van der Waals surface area contributed by atoms with Gasteiger partial charge in [0.1, 0.15) is 5.75 Å². The normalized spacial score (nSPS) is 14.6. The maximum absolute atomic E-state index is 13.0. The Hall–Kier alpha value is -2.18. The van der Waals surface area contributed by atoms with Gasteiger partial charge < -0.3 is 19.6 Å². The Morgan fingerprint density at radius 3 is 2.70 bits per heavy atom. The minimum absolute atomic E-state index is 0.286. The van der Waals surface area contributed by atoms with E-state index < -0.39 is 17.7 Å². The Kier molecular flexibility index (Phi) is 6.68. The zero-order valence-corrected chi connectivity index (χ0v) is 19.5. The number of rotatable bonds is 6. The van der Waals surface area contributed by atoms with E-state index >= 15 is 0 Å². The molecule has 30 heavy (non-hydrogen) atoms. The van der Waals surface area contributed by atoms with Gasteiger partial charge in [-0.3, -0.25) is 0 Å². The Labute approximate surface area is 182 Å². The summed E-state index contributed by atoms with van der Waals surface area (Å²) >= 11 is 1.53. The lowest BCUT2D eigenvalue weighted by atomic mass is 9.92. The van der Waals surface area contributed by atoms with Crippen LogP contribution in [0.15, 0.2) is 18.2 Å². The fraction of sp³-hybridized carbons (Fsp3) is 0.500. The van der Waals surface area contributed by atoms with Crippen LogP contribution in [0.1, 0.15) is 68.0 Å². The van der Waals surface area contributed by atoms with Gasteiger partial charge in [-0.1, -0.05) is 6.07 Å². The fourth-order valence-corrected chi connectivity index (χ4v) is 4.84. The molecular formula is C24H31NO4S. The van der Waals surface area contributed by atoms with Crippen LogP contribution in [-0.4, -0.2) is 30.5 Å². The molecule has 0 saturated heterocycles. The lowest BCUT2D eigenvalue weighted by molar-refractivity contribution is -0.166. The molecule has 0 fully saturated rings. The van der Waals surface area contributed by atoms with E-state index in [2.05, 4.69) is 6.07 Å². The molecule has 5 nitrogen and oxygen atoms in total. The van der Waals surface area contributed by atoms with Gasteiger partial charge in [0.05, 0.1) is 23.7 Å². The van der Waals surface area contributed by atoms with Crippen molar-refractivity contribution in [1.82, 2.24) is 0 Å². The third kappa shape index (κ3) is 4.76. The highest BCUT2D eigenvalue weighted by molar-refractivity contribution is 7.14.